The van der Waals surface area contributed by atoms with Crippen molar-refractivity contribution >= 4 is 32.9 Å². The van der Waals surface area contributed by atoms with E-state index in [0.717, 1.165) is 49.8 Å². The lowest BCUT2D eigenvalue weighted by atomic mass is 9.49. The predicted molar refractivity (Wildman–Crippen MR) is 158 cm³/mol. The van der Waals surface area contributed by atoms with E-state index < -0.39 is 10.8 Å². The highest BCUT2D eigenvalue weighted by Crippen LogP contribution is 2.63. The molecule has 4 aromatic rings. The first-order chi connectivity index (χ1) is 19.2. The van der Waals surface area contributed by atoms with Gasteiger partial charge in [0, 0.05) is 29.4 Å². The molecule has 1 atom stereocenters. The van der Waals surface area contributed by atoms with E-state index in [4.69, 9.17) is 10.5 Å². The van der Waals surface area contributed by atoms with Gasteiger partial charge in [-0.25, -0.2) is 19.9 Å². The van der Waals surface area contributed by atoms with Crippen molar-refractivity contribution in [1.82, 2.24) is 29.1 Å². The Bertz CT molecular complexity index is 1980. The summed E-state index contributed by atoms with van der Waals surface area (Å²) in [5.41, 5.74) is 0.709. The van der Waals surface area contributed by atoms with Gasteiger partial charge in [-0.05, 0) is 69.4 Å². The Labute approximate surface area is 245 Å². The summed E-state index contributed by atoms with van der Waals surface area (Å²) in [7, 11) is -1.31. The van der Waals surface area contributed by atoms with Crippen LogP contribution in [0.1, 0.15) is 70.3 Å². The van der Waals surface area contributed by atoms with Crippen LogP contribution in [0.25, 0.3) is 22.1 Å². The van der Waals surface area contributed by atoms with Gasteiger partial charge in [0.25, 0.3) is 11.1 Å². The van der Waals surface area contributed by atoms with Crippen LogP contribution in [-0.4, -0.2) is 39.5 Å². The summed E-state index contributed by atoms with van der Waals surface area (Å²) in [5.74, 6) is 2.10. The molecule has 11 nitrogen and oxygen atoms in total. The lowest BCUT2D eigenvalue weighted by Gasteiger charge is -2.62. The van der Waals surface area contributed by atoms with E-state index in [1.54, 1.807) is 27.6 Å². The Morgan fingerprint density at radius 3 is 1.62 bits per heavy atom. The second kappa shape index (κ2) is 9.92. The maximum Gasteiger partial charge on any atom is 0.270 e. The van der Waals surface area contributed by atoms with Crippen molar-refractivity contribution in [2.75, 3.05) is 6.26 Å². The molecule has 42 heavy (non-hydrogen) atoms. The van der Waals surface area contributed by atoms with Crippen molar-refractivity contribution in [3.05, 3.63) is 62.2 Å². The lowest BCUT2D eigenvalue weighted by Crippen LogP contribution is -2.62. The van der Waals surface area contributed by atoms with Gasteiger partial charge in [-0.15, -0.1) is 0 Å². The van der Waals surface area contributed by atoms with Gasteiger partial charge >= 0.3 is 0 Å². The monoisotopic (exact) mass is 584 g/mol. The summed E-state index contributed by atoms with van der Waals surface area (Å²) in [6, 6.07) is 7.06. The fourth-order valence-electron chi connectivity index (χ4n) is 6.86. The molecule has 4 bridgehead atoms. The average Bonchev–Trinajstić information content (AvgIpc) is 2.83. The molecular formula is C30H32N8O3S. The van der Waals surface area contributed by atoms with Crippen molar-refractivity contribution in [3.63, 3.8) is 0 Å². The van der Waals surface area contributed by atoms with E-state index in [-0.39, 0.29) is 53.3 Å². The highest BCUT2D eigenvalue weighted by atomic mass is 32.2. The number of pyridine rings is 2. The van der Waals surface area contributed by atoms with Crippen LogP contribution in [0, 0.1) is 41.4 Å². The fraction of sp³-hybridized carbons (Fsp3) is 0.467. The number of hydrogen-bond acceptors (Lipinski definition) is 9. The van der Waals surface area contributed by atoms with Crippen LogP contribution in [0.5, 0.6) is 0 Å². The zero-order valence-electron chi connectivity index (χ0n) is 21.9. The number of nitrogens with zero attached hydrogens (tertiary/aromatic N) is 8. The van der Waals surface area contributed by atoms with E-state index in [9.17, 15) is 13.8 Å². The number of fused-ring (bicyclic) bond motifs is 2. The lowest BCUT2D eigenvalue weighted by molar-refractivity contribution is -0.0885. The van der Waals surface area contributed by atoms with Crippen LogP contribution in [0.2, 0.25) is 0 Å². The standard InChI is InChI=1S/C14H12N4O2S.C14H12N4O.2CH4/c1-21(20)13-16-7-10-2-9(6-15)12(19)18(11(10)17-13)14-3-8(4-14)5-14;1-8-16-7-11-2-10(6-15)13(19)18(12(11)17-8)14-3-9(4-14)5-14;;/h2,7-8H,3-5H2,1H3;2,7,9H,3-5H2,1H3;2*1H4. The minimum absolute atomic E-state index is 0. The first kappa shape index (κ1) is 29.2. The van der Waals surface area contributed by atoms with Crippen LogP contribution in [0.4, 0.5) is 0 Å². The zero-order valence-corrected chi connectivity index (χ0v) is 22.7. The van der Waals surface area contributed by atoms with E-state index in [0.29, 0.717) is 28.4 Å². The average molecular weight is 585 g/mol. The molecule has 6 saturated carbocycles. The molecule has 10 rings (SSSR count). The molecule has 0 saturated heterocycles. The largest absolute Gasteiger partial charge is 0.285 e. The molecule has 6 aliphatic rings. The third-order valence-electron chi connectivity index (χ3n) is 9.04. The van der Waals surface area contributed by atoms with Gasteiger partial charge in [0.2, 0.25) is 5.16 Å². The first-order valence-electron chi connectivity index (χ1n) is 13.1. The van der Waals surface area contributed by atoms with Gasteiger partial charge < -0.3 is 0 Å². The SMILES string of the molecule is C.C.CS(=O)c1ncc2cc(C#N)c(=O)n(C34CC(C3)C4)c2n1.Cc1ncc2cc(C#N)c(=O)n(C34CC(C3)C4)c2n1. The summed E-state index contributed by atoms with van der Waals surface area (Å²) < 4.78 is 15.0. The van der Waals surface area contributed by atoms with Crippen molar-refractivity contribution in [3.8, 4) is 12.1 Å². The summed E-state index contributed by atoms with van der Waals surface area (Å²) >= 11 is 0. The van der Waals surface area contributed by atoms with Gasteiger partial charge in [-0.1, -0.05) is 14.9 Å². The highest BCUT2D eigenvalue weighted by molar-refractivity contribution is 7.84. The maximum atomic E-state index is 12.6. The Morgan fingerprint density at radius 2 is 1.24 bits per heavy atom. The van der Waals surface area contributed by atoms with Crippen LogP contribution in [0.15, 0.2) is 39.3 Å². The van der Waals surface area contributed by atoms with Crippen LogP contribution in [0.3, 0.4) is 0 Å². The number of rotatable bonds is 3. The van der Waals surface area contributed by atoms with Gasteiger partial charge in [-0.2, -0.15) is 10.5 Å². The molecule has 12 heteroatoms. The number of aryl methyl sites for hydroxylation is 1. The Morgan fingerprint density at radius 1 is 0.810 bits per heavy atom. The number of aromatic nitrogens is 6. The third kappa shape index (κ3) is 4.00. The molecule has 0 radical (unpaired) electrons. The number of nitriles is 2. The molecule has 0 N–H and O–H groups in total. The second-order valence-corrected chi connectivity index (χ2v) is 12.9. The molecule has 0 aliphatic heterocycles. The molecule has 6 fully saturated rings. The minimum Gasteiger partial charge on any atom is -0.285 e. The third-order valence-corrected chi connectivity index (χ3v) is 9.75. The predicted octanol–water partition coefficient (Wildman–Crippen LogP) is 3.66. The van der Waals surface area contributed by atoms with Crippen LogP contribution < -0.4 is 11.1 Å². The van der Waals surface area contributed by atoms with E-state index in [2.05, 4.69) is 19.9 Å². The van der Waals surface area contributed by atoms with Gasteiger partial charge in [-0.3, -0.25) is 22.9 Å². The molecule has 4 aromatic heterocycles. The molecule has 4 heterocycles. The summed E-state index contributed by atoms with van der Waals surface area (Å²) in [6.45, 7) is 1.81. The van der Waals surface area contributed by atoms with Gasteiger partial charge in [0.05, 0.1) is 21.9 Å². The van der Waals surface area contributed by atoms with E-state index in [1.165, 1.54) is 12.3 Å². The Hall–Kier alpha value is -4.29. The molecule has 0 amide bonds. The van der Waals surface area contributed by atoms with Gasteiger partial charge in [0.15, 0.2) is 0 Å². The smallest absolute Gasteiger partial charge is 0.270 e. The Kier molecular flexibility index (Phi) is 6.90. The molecule has 0 aromatic carbocycles. The Balaban J connectivity index is 0.000000161. The molecule has 6 aliphatic carbocycles. The minimum atomic E-state index is -1.31. The highest BCUT2D eigenvalue weighted by Gasteiger charge is 2.60. The van der Waals surface area contributed by atoms with Crippen molar-refractivity contribution in [2.24, 2.45) is 11.8 Å². The topological polar surface area (TPSA) is 160 Å². The second-order valence-electron chi connectivity index (χ2n) is 11.6. The van der Waals surface area contributed by atoms with Crippen LogP contribution in [-0.2, 0) is 21.9 Å². The van der Waals surface area contributed by atoms with Gasteiger partial charge in [0.1, 0.15) is 40.4 Å². The summed E-state index contributed by atoms with van der Waals surface area (Å²) in [5, 5.41) is 19.9. The molecule has 0 spiro atoms. The first-order valence-corrected chi connectivity index (χ1v) is 14.7. The normalized spacial score (nSPS) is 26.2. The van der Waals surface area contributed by atoms with E-state index >= 15 is 0 Å². The quantitative estimate of drug-likeness (QED) is 0.327. The van der Waals surface area contributed by atoms with E-state index in [1.807, 2.05) is 19.1 Å². The fourth-order valence-corrected chi connectivity index (χ4v) is 7.27. The van der Waals surface area contributed by atoms with Crippen molar-refractivity contribution in [1.29, 1.82) is 10.5 Å². The maximum absolute atomic E-state index is 12.6. The summed E-state index contributed by atoms with van der Waals surface area (Å²) in [6.07, 6.45) is 10.8. The summed E-state index contributed by atoms with van der Waals surface area (Å²) in [4.78, 5) is 42.0. The molecule has 1 unspecified atom stereocenters. The zero-order chi connectivity index (χ0) is 28.0. The van der Waals surface area contributed by atoms with Crippen LogP contribution >= 0.6 is 0 Å². The molecule has 216 valence electrons. The molecular weight excluding hydrogens is 552 g/mol. The number of hydrogen-bond donors (Lipinski definition) is 0. The van der Waals surface area contributed by atoms with Crippen molar-refractivity contribution < 1.29 is 4.21 Å². The van der Waals surface area contributed by atoms with Crippen molar-refractivity contribution in [2.45, 2.75) is 76.5 Å².